The van der Waals surface area contributed by atoms with Crippen LogP contribution in [0.5, 0.6) is 0 Å². The van der Waals surface area contributed by atoms with Crippen LogP contribution in [0.15, 0.2) is 0 Å². The quantitative estimate of drug-likeness (QED) is 0.635. The van der Waals surface area contributed by atoms with Crippen molar-refractivity contribution in [2.24, 2.45) is 11.3 Å². The molecular formula is C15H30N2O2. The van der Waals surface area contributed by atoms with Gasteiger partial charge in [-0.05, 0) is 50.4 Å². The highest BCUT2D eigenvalue weighted by Crippen LogP contribution is 2.30. The van der Waals surface area contributed by atoms with Gasteiger partial charge in [-0.3, -0.25) is 0 Å². The fraction of sp³-hybridized carbons (Fsp3) is 0.933. The summed E-state index contributed by atoms with van der Waals surface area (Å²) in [6.07, 6.45) is 6.46. The summed E-state index contributed by atoms with van der Waals surface area (Å²) in [6.45, 7) is 7.16. The Morgan fingerprint density at radius 1 is 1.37 bits per heavy atom. The van der Waals surface area contributed by atoms with Crippen LogP contribution in [0.3, 0.4) is 0 Å². The molecule has 1 saturated carbocycles. The third-order valence-corrected chi connectivity index (χ3v) is 4.98. The maximum absolute atomic E-state index is 11.9. The normalized spacial score (nSPS) is 17.7. The summed E-state index contributed by atoms with van der Waals surface area (Å²) in [5.41, 5.74) is 0.0335. The summed E-state index contributed by atoms with van der Waals surface area (Å²) >= 11 is 0. The monoisotopic (exact) mass is 270 g/mol. The zero-order valence-electron chi connectivity index (χ0n) is 12.7. The van der Waals surface area contributed by atoms with Crippen LogP contribution >= 0.6 is 0 Å². The lowest BCUT2D eigenvalue weighted by Gasteiger charge is -2.34. The molecule has 1 atom stereocenters. The van der Waals surface area contributed by atoms with E-state index < -0.39 is 0 Å². The second kappa shape index (κ2) is 7.73. The van der Waals surface area contributed by atoms with Gasteiger partial charge < -0.3 is 15.7 Å². The van der Waals surface area contributed by atoms with Gasteiger partial charge in [-0.2, -0.15) is 0 Å². The van der Waals surface area contributed by atoms with Crippen LogP contribution in [0.1, 0.15) is 59.3 Å². The Bertz CT molecular complexity index is 273. The highest BCUT2D eigenvalue weighted by molar-refractivity contribution is 5.74. The fourth-order valence-electron chi connectivity index (χ4n) is 2.76. The van der Waals surface area contributed by atoms with Crippen molar-refractivity contribution in [3.05, 3.63) is 0 Å². The van der Waals surface area contributed by atoms with Gasteiger partial charge in [0.2, 0.25) is 0 Å². The average molecular weight is 270 g/mol. The fourth-order valence-corrected chi connectivity index (χ4v) is 2.76. The molecule has 1 fully saturated rings. The minimum Gasteiger partial charge on any atom is -0.396 e. The van der Waals surface area contributed by atoms with Crippen LogP contribution in [-0.4, -0.2) is 30.3 Å². The molecule has 0 saturated heterocycles. The Kier molecular flexibility index (Phi) is 6.63. The third kappa shape index (κ3) is 4.68. The Hall–Kier alpha value is -0.770. The van der Waals surface area contributed by atoms with E-state index in [1.54, 1.807) is 0 Å². The van der Waals surface area contributed by atoms with E-state index in [-0.39, 0.29) is 24.1 Å². The lowest BCUT2D eigenvalue weighted by atomic mass is 9.79. The maximum Gasteiger partial charge on any atom is 0.315 e. The zero-order chi connectivity index (χ0) is 14.3. The lowest BCUT2D eigenvalue weighted by Crippen LogP contribution is -2.48. The summed E-state index contributed by atoms with van der Waals surface area (Å²) in [6, 6.07) is 0.202. The van der Waals surface area contributed by atoms with Crippen molar-refractivity contribution in [1.82, 2.24) is 10.6 Å². The van der Waals surface area contributed by atoms with Crippen molar-refractivity contribution >= 4 is 6.03 Å². The largest absolute Gasteiger partial charge is 0.396 e. The van der Waals surface area contributed by atoms with Crippen LogP contribution in [0.2, 0.25) is 0 Å². The molecule has 0 aromatic rings. The number of amides is 2. The molecule has 112 valence electrons. The van der Waals surface area contributed by atoms with E-state index in [0.717, 1.165) is 19.3 Å². The van der Waals surface area contributed by atoms with Crippen LogP contribution in [0.4, 0.5) is 4.79 Å². The molecule has 1 unspecified atom stereocenters. The Labute approximate surface area is 117 Å². The number of aliphatic hydroxyl groups is 1. The molecule has 3 N–H and O–H groups in total. The number of urea groups is 1. The summed E-state index contributed by atoms with van der Waals surface area (Å²) in [5.74, 6) is 0.658. The van der Waals surface area contributed by atoms with Gasteiger partial charge in [-0.1, -0.05) is 20.3 Å². The van der Waals surface area contributed by atoms with Crippen molar-refractivity contribution in [3.63, 3.8) is 0 Å². The van der Waals surface area contributed by atoms with Gasteiger partial charge in [0, 0.05) is 19.2 Å². The van der Waals surface area contributed by atoms with Crippen LogP contribution < -0.4 is 10.6 Å². The number of rotatable bonds is 8. The van der Waals surface area contributed by atoms with Gasteiger partial charge >= 0.3 is 6.03 Å². The standard InChI is InChI=1S/C15H30N2O2/c1-4-15(5-2,9-10-18)11-16-14(19)17-12(3)13-7-6-8-13/h12-13,18H,4-11H2,1-3H3,(H2,16,17,19). The molecule has 0 radical (unpaired) electrons. The van der Waals surface area contributed by atoms with Gasteiger partial charge in [0.15, 0.2) is 0 Å². The van der Waals surface area contributed by atoms with E-state index in [0.29, 0.717) is 12.5 Å². The lowest BCUT2D eigenvalue weighted by molar-refractivity contribution is 0.161. The molecule has 4 nitrogen and oxygen atoms in total. The molecule has 0 aliphatic heterocycles. The highest BCUT2D eigenvalue weighted by atomic mass is 16.3. The number of carbonyl (C=O) groups is 1. The summed E-state index contributed by atoms with van der Waals surface area (Å²) in [4.78, 5) is 11.9. The van der Waals surface area contributed by atoms with Gasteiger partial charge in [0.1, 0.15) is 0 Å². The van der Waals surface area contributed by atoms with Crippen molar-refractivity contribution in [1.29, 1.82) is 0 Å². The van der Waals surface area contributed by atoms with Crippen molar-refractivity contribution in [2.75, 3.05) is 13.2 Å². The summed E-state index contributed by atoms with van der Waals surface area (Å²) < 4.78 is 0. The first-order chi connectivity index (χ1) is 9.06. The van der Waals surface area contributed by atoms with Gasteiger partial charge in [-0.15, -0.1) is 0 Å². The van der Waals surface area contributed by atoms with E-state index in [4.69, 9.17) is 5.11 Å². The Morgan fingerprint density at radius 2 is 2.00 bits per heavy atom. The summed E-state index contributed by atoms with van der Waals surface area (Å²) in [7, 11) is 0. The molecule has 0 spiro atoms. The van der Waals surface area contributed by atoms with Crippen LogP contribution in [0.25, 0.3) is 0 Å². The minimum absolute atomic E-state index is 0.0335. The molecule has 4 heteroatoms. The molecule has 0 heterocycles. The van der Waals surface area contributed by atoms with E-state index in [9.17, 15) is 4.79 Å². The highest BCUT2D eigenvalue weighted by Gasteiger charge is 2.28. The molecule has 1 aliphatic carbocycles. The molecule has 0 bridgehead atoms. The molecule has 0 aromatic carbocycles. The van der Waals surface area contributed by atoms with Crippen LogP contribution in [-0.2, 0) is 0 Å². The smallest absolute Gasteiger partial charge is 0.315 e. The predicted molar refractivity (Wildman–Crippen MR) is 78.1 cm³/mol. The first kappa shape index (κ1) is 16.3. The van der Waals surface area contributed by atoms with E-state index in [1.807, 2.05) is 0 Å². The molecule has 2 amide bonds. The Morgan fingerprint density at radius 3 is 2.42 bits per heavy atom. The minimum atomic E-state index is -0.0661. The average Bonchev–Trinajstić information content (AvgIpc) is 2.32. The third-order valence-electron chi connectivity index (χ3n) is 4.98. The second-order valence-corrected chi connectivity index (χ2v) is 5.99. The molecule has 0 aromatic heterocycles. The first-order valence-corrected chi connectivity index (χ1v) is 7.72. The zero-order valence-corrected chi connectivity index (χ0v) is 12.7. The topological polar surface area (TPSA) is 61.4 Å². The van der Waals surface area contributed by atoms with Crippen molar-refractivity contribution in [2.45, 2.75) is 65.3 Å². The Balaban J connectivity index is 2.34. The predicted octanol–water partition coefficient (Wildman–Crippen LogP) is 2.66. The van der Waals surface area contributed by atoms with Gasteiger partial charge in [0.25, 0.3) is 0 Å². The number of hydrogen-bond acceptors (Lipinski definition) is 2. The van der Waals surface area contributed by atoms with E-state index in [1.165, 1.54) is 19.3 Å². The first-order valence-electron chi connectivity index (χ1n) is 7.72. The van der Waals surface area contributed by atoms with Gasteiger partial charge in [0.05, 0.1) is 0 Å². The second-order valence-electron chi connectivity index (χ2n) is 5.99. The molecular weight excluding hydrogens is 240 g/mol. The summed E-state index contributed by atoms with van der Waals surface area (Å²) in [5, 5.41) is 15.2. The number of nitrogens with one attached hydrogen (secondary N) is 2. The maximum atomic E-state index is 11.9. The number of carbonyl (C=O) groups excluding carboxylic acids is 1. The van der Waals surface area contributed by atoms with Crippen molar-refractivity contribution in [3.8, 4) is 0 Å². The number of hydrogen-bond donors (Lipinski definition) is 3. The van der Waals surface area contributed by atoms with Crippen molar-refractivity contribution < 1.29 is 9.90 Å². The van der Waals surface area contributed by atoms with Crippen LogP contribution in [0, 0.1) is 11.3 Å². The van der Waals surface area contributed by atoms with E-state index in [2.05, 4.69) is 31.4 Å². The van der Waals surface area contributed by atoms with Gasteiger partial charge in [-0.25, -0.2) is 4.79 Å². The molecule has 1 rings (SSSR count). The van der Waals surface area contributed by atoms with E-state index >= 15 is 0 Å². The molecule has 1 aliphatic rings. The SMILES string of the molecule is CCC(CC)(CCO)CNC(=O)NC(C)C1CCC1. The number of aliphatic hydroxyl groups excluding tert-OH is 1. The molecule has 19 heavy (non-hydrogen) atoms.